The lowest BCUT2D eigenvalue weighted by Crippen LogP contribution is -2.06. The van der Waals surface area contributed by atoms with E-state index in [4.69, 9.17) is 0 Å². The molecule has 0 unspecified atom stereocenters. The van der Waals surface area contributed by atoms with Crippen LogP contribution in [0.25, 0.3) is 10.9 Å². The minimum atomic E-state index is -4.43. The highest BCUT2D eigenvalue weighted by molar-refractivity contribution is 5.86. The van der Waals surface area contributed by atoms with E-state index < -0.39 is 11.7 Å². The van der Waals surface area contributed by atoms with Crippen molar-refractivity contribution in [2.24, 2.45) is 0 Å². The first-order valence-electron chi connectivity index (χ1n) is 4.56. The molecule has 0 spiro atoms. The van der Waals surface area contributed by atoms with Crippen molar-refractivity contribution in [3.05, 3.63) is 35.5 Å². The van der Waals surface area contributed by atoms with E-state index >= 15 is 0 Å². The lowest BCUT2D eigenvalue weighted by molar-refractivity contribution is -0.136. The molecule has 0 amide bonds. The van der Waals surface area contributed by atoms with Crippen molar-refractivity contribution in [3.8, 4) is 5.75 Å². The van der Waals surface area contributed by atoms with Gasteiger partial charge in [0.25, 0.3) is 0 Å². The summed E-state index contributed by atoms with van der Waals surface area (Å²) in [4.78, 5) is 3.64. The molecule has 0 aliphatic carbocycles. The van der Waals surface area contributed by atoms with E-state index in [0.29, 0.717) is 10.9 Å². The summed E-state index contributed by atoms with van der Waals surface area (Å²) < 4.78 is 37.9. The molecule has 1 heterocycles. The number of rotatable bonds is 0. The van der Waals surface area contributed by atoms with Crippen LogP contribution in [0.2, 0.25) is 0 Å². The zero-order valence-electron chi connectivity index (χ0n) is 8.34. The number of nitrogens with zero attached hydrogens (tertiary/aromatic N) is 1. The summed E-state index contributed by atoms with van der Waals surface area (Å²) in [7, 11) is 0. The monoisotopic (exact) mass is 227 g/mol. The molecular formula is C11H8F3NO. The van der Waals surface area contributed by atoms with Crippen molar-refractivity contribution in [2.45, 2.75) is 13.1 Å². The quantitative estimate of drug-likeness (QED) is 0.749. The Labute approximate surface area is 89.4 Å². The molecule has 2 rings (SSSR count). The molecule has 0 aliphatic heterocycles. The van der Waals surface area contributed by atoms with E-state index in [1.807, 2.05) is 0 Å². The Kier molecular flexibility index (Phi) is 2.26. The third-order valence-corrected chi connectivity index (χ3v) is 2.45. The van der Waals surface area contributed by atoms with Crippen molar-refractivity contribution in [2.75, 3.05) is 0 Å². The van der Waals surface area contributed by atoms with E-state index in [1.165, 1.54) is 12.1 Å². The number of hydrogen-bond acceptors (Lipinski definition) is 2. The molecule has 1 N–H and O–H groups in total. The van der Waals surface area contributed by atoms with E-state index in [1.54, 1.807) is 6.92 Å². The maximum absolute atomic E-state index is 12.6. The van der Waals surface area contributed by atoms with Crippen molar-refractivity contribution < 1.29 is 18.3 Å². The SMILES string of the molecule is Cc1c(O)cnc2c(C(F)(F)F)cccc12. The number of alkyl halides is 3. The zero-order chi connectivity index (χ0) is 11.9. The molecule has 2 aromatic rings. The van der Waals surface area contributed by atoms with Crippen molar-refractivity contribution >= 4 is 10.9 Å². The number of hydrogen-bond donors (Lipinski definition) is 1. The van der Waals surface area contributed by atoms with Gasteiger partial charge in [0.2, 0.25) is 0 Å². The topological polar surface area (TPSA) is 33.1 Å². The highest BCUT2D eigenvalue weighted by Crippen LogP contribution is 2.35. The first-order chi connectivity index (χ1) is 7.41. The average molecular weight is 227 g/mol. The highest BCUT2D eigenvalue weighted by atomic mass is 19.4. The van der Waals surface area contributed by atoms with Gasteiger partial charge in [0.05, 0.1) is 17.3 Å². The van der Waals surface area contributed by atoms with Gasteiger partial charge in [-0.3, -0.25) is 4.98 Å². The second-order valence-corrected chi connectivity index (χ2v) is 3.47. The molecule has 2 nitrogen and oxygen atoms in total. The van der Waals surface area contributed by atoms with Gasteiger partial charge < -0.3 is 5.11 Å². The summed E-state index contributed by atoms with van der Waals surface area (Å²) in [6.07, 6.45) is -3.40. The number of aromatic hydroxyl groups is 1. The molecule has 0 bridgehead atoms. The maximum atomic E-state index is 12.6. The summed E-state index contributed by atoms with van der Waals surface area (Å²) in [6, 6.07) is 3.79. The van der Waals surface area contributed by atoms with Gasteiger partial charge in [-0.05, 0) is 13.0 Å². The third kappa shape index (κ3) is 1.58. The number of aryl methyl sites for hydroxylation is 1. The number of para-hydroxylation sites is 1. The Balaban J connectivity index is 2.85. The van der Waals surface area contributed by atoms with E-state index in [9.17, 15) is 18.3 Å². The molecule has 84 valence electrons. The normalized spacial score (nSPS) is 12.0. The van der Waals surface area contributed by atoms with Crippen LogP contribution >= 0.6 is 0 Å². The second kappa shape index (κ2) is 3.37. The summed E-state index contributed by atoms with van der Waals surface area (Å²) >= 11 is 0. The van der Waals surface area contributed by atoms with Gasteiger partial charge in [0.1, 0.15) is 5.75 Å². The zero-order valence-corrected chi connectivity index (χ0v) is 8.34. The Bertz CT molecular complexity index is 549. The van der Waals surface area contributed by atoms with E-state index in [-0.39, 0.29) is 11.3 Å². The van der Waals surface area contributed by atoms with Crippen LogP contribution in [-0.4, -0.2) is 10.1 Å². The van der Waals surface area contributed by atoms with Crippen LogP contribution in [0.15, 0.2) is 24.4 Å². The number of fused-ring (bicyclic) bond motifs is 1. The Morgan fingerprint density at radius 3 is 2.56 bits per heavy atom. The van der Waals surface area contributed by atoms with Crippen molar-refractivity contribution in [3.63, 3.8) is 0 Å². The highest BCUT2D eigenvalue weighted by Gasteiger charge is 2.33. The van der Waals surface area contributed by atoms with Gasteiger partial charge in [0.15, 0.2) is 0 Å². The standard InChI is InChI=1S/C11H8F3NO/c1-6-7-3-2-4-8(11(12,13)14)10(7)15-5-9(6)16/h2-5,16H,1H3. The molecule has 0 radical (unpaired) electrons. The number of halogens is 3. The minimum Gasteiger partial charge on any atom is -0.506 e. The fraction of sp³-hybridized carbons (Fsp3) is 0.182. The lowest BCUT2D eigenvalue weighted by atomic mass is 10.1. The molecule has 5 heteroatoms. The molecule has 0 saturated heterocycles. The second-order valence-electron chi connectivity index (χ2n) is 3.47. The van der Waals surface area contributed by atoms with Gasteiger partial charge in [-0.15, -0.1) is 0 Å². The first kappa shape index (κ1) is 10.7. The molecule has 0 aliphatic rings. The van der Waals surface area contributed by atoms with Crippen LogP contribution in [0.3, 0.4) is 0 Å². The summed E-state index contributed by atoms with van der Waals surface area (Å²) in [5.41, 5.74) is -0.519. The van der Waals surface area contributed by atoms with Crippen molar-refractivity contribution in [1.29, 1.82) is 0 Å². The van der Waals surface area contributed by atoms with Crippen LogP contribution in [0.4, 0.5) is 13.2 Å². The molecule has 1 aromatic carbocycles. The fourth-order valence-corrected chi connectivity index (χ4v) is 1.57. The van der Waals surface area contributed by atoms with E-state index in [2.05, 4.69) is 4.98 Å². The lowest BCUT2D eigenvalue weighted by Gasteiger charge is -2.11. The molecule has 0 fully saturated rings. The molecular weight excluding hydrogens is 219 g/mol. The van der Waals surface area contributed by atoms with Gasteiger partial charge in [-0.2, -0.15) is 13.2 Å². The van der Waals surface area contributed by atoms with Gasteiger partial charge >= 0.3 is 6.18 Å². The van der Waals surface area contributed by atoms with Crippen LogP contribution < -0.4 is 0 Å². The molecule has 16 heavy (non-hydrogen) atoms. The van der Waals surface area contributed by atoms with Crippen LogP contribution in [0, 0.1) is 6.92 Å². The first-order valence-corrected chi connectivity index (χ1v) is 4.56. The fourth-order valence-electron chi connectivity index (χ4n) is 1.57. The average Bonchev–Trinajstić information content (AvgIpc) is 2.21. The Morgan fingerprint density at radius 1 is 1.25 bits per heavy atom. The predicted molar refractivity (Wildman–Crippen MR) is 53.1 cm³/mol. The Morgan fingerprint density at radius 2 is 1.94 bits per heavy atom. The van der Waals surface area contributed by atoms with Crippen LogP contribution in [0.5, 0.6) is 5.75 Å². The van der Waals surface area contributed by atoms with Crippen molar-refractivity contribution in [1.82, 2.24) is 4.98 Å². The minimum absolute atomic E-state index is 0.105. The smallest absolute Gasteiger partial charge is 0.418 e. The molecule has 0 atom stereocenters. The van der Waals surface area contributed by atoms with Gasteiger partial charge in [-0.1, -0.05) is 12.1 Å². The maximum Gasteiger partial charge on any atom is 0.418 e. The van der Waals surface area contributed by atoms with Gasteiger partial charge in [0, 0.05) is 10.9 Å². The van der Waals surface area contributed by atoms with Crippen LogP contribution in [-0.2, 0) is 6.18 Å². The summed E-state index contributed by atoms with van der Waals surface area (Å²) in [5, 5.41) is 9.68. The number of pyridine rings is 1. The molecule has 0 saturated carbocycles. The summed E-state index contributed by atoms with van der Waals surface area (Å²) in [5.74, 6) is -0.105. The predicted octanol–water partition coefficient (Wildman–Crippen LogP) is 3.27. The van der Waals surface area contributed by atoms with E-state index in [0.717, 1.165) is 12.3 Å². The largest absolute Gasteiger partial charge is 0.506 e. The number of aromatic nitrogens is 1. The molecule has 1 aromatic heterocycles. The van der Waals surface area contributed by atoms with Gasteiger partial charge in [-0.25, -0.2) is 0 Å². The third-order valence-electron chi connectivity index (χ3n) is 2.45. The Hall–Kier alpha value is -1.78. The van der Waals surface area contributed by atoms with Crippen LogP contribution in [0.1, 0.15) is 11.1 Å². The number of benzene rings is 1. The summed E-state index contributed by atoms with van der Waals surface area (Å²) in [6.45, 7) is 1.56.